The first-order chi connectivity index (χ1) is 24.3. The number of hydrogen-bond donors (Lipinski definition) is 1. The summed E-state index contributed by atoms with van der Waals surface area (Å²) < 4.78 is 61.5. The Labute approximate surface area is 292 Å². The van der Waals surface area contributed by atoms with Crippen molar-refractivity contribution in [2.24, 2.45) is 5.92 Å². The van der Waals surface area contributed by atoms with Crippen LogP contribution < -0.4 is 0 Å². The first-order valence-electron chi connectivity index (χ1n) is 17.5. The molecular formula is C36H47FN2O11. The number of likely N-dealkylation sites (tertiary alicyclic amines) is 2. The maximum absolute atomic E-state index is 12.6. The predicted octanol–water partition coefficient (Wildman–Crippen LogP) is 4.35. The lowest BCUT2D eigenvalue weighted by Gasteiger charge is -2.27. The SMILES string of the molecule is CC1(C)O[C@H]2O[C@H]3[C@@H]([C@H]2O1)N(C(=O)OCc1ccccc1)C[C@H]3O.C[C@@H]1CN(C(=O)OCc2ccccc2)[C@@H]2[C@H]3OC(C)(C)O[C@H]3O[C@@H]21.[2H]CF. The number of ether oxygens (including phenoxy) is 8. The summed E-state index contributed by atoms with van der Waals surface area (Å²) in [7, 11) is -1.00. The van der Waals surface area contributed by atoms with Gasteiger partial charge in [0.1, 0.15) is 37.6 Å². The molecule has 1 N–H and O–H groups in total. The Bertz CT molecular complexity index is 1380. The molecule has 274 valence electrons. The van der Waals surface area contributed by atoms with E-state index in [0.717, 1.165) is 11.1 Å². The Hall–Kier alpha value is -3.37. The number of halogens is 1. The molecule has 0 bridgehead atoms. The Balaban J connectivity index is 0.000000163. The minimum Gasteiger partial charge on any atom is -0.445 e. The molecule has 6 heterocycles. The van der Waals surface area contributed by atoms with Crippen LogP contribution >= 0.6 is 0 Å². The van der Waals surface area contributed by atoms with E-state index in [1.807, 2.05) is 74.5 Å². The average molecular weight is 704 g/mol. The van der Waals surface area contributed by atoms with Crippen molar-refractivity contribution in [2.75, 3.05) is 20.2 Å². The molecule has 14 heteroatoms. The van der Waals surface area contributed by atoms with Crippen molar-refractivity contribution in [3.05, 3.63) is 71.8 Å². The van der Waals surface area contributed by atoms with Crippen LogP contribution in [0.25, 0.3) is 0 Å². The van der Waals surface area contributed by atoms with E-state index in [4.69, 9.17) is 39.3 Å². The van der Waals surface area contributed by atoms with Gasteiger partial charge >= 0.3 is 12.2 Å². The molecule has 6 saturated heterocycles. The average Bonchev–Trinajstić information content (AvgIpc) is 3.90. The number of fused-ring (bicyclic) bond motifs is 6. The third-order valence-corrected chi connectivity index (χ3v) is 9.51. The number of amides is 2. The molecule has 2 aromatic carbocycles. The number of β-amino-alcohol motifs (C(OH)–C–C–N with tert-alkyl or cyclic N) is 1. The van der Waals surface area contributed by atoms with Crippen molar-refractivity contribution in [2.45, 2.75) is 115 Å². The standard InChI is InChI=1S/C18H23NO5.C17H21NO6.CH3F/c1-11-9-19(17(20)21-10-12-7-5-4-6-8-12)13-14(11)22-16-15(13)23-18(2,3)24-16;1-17(2)23-14-12-13(22-15(14)24-17)11(19)8-18(12)16(20)21-9-10-6-4-3-5-7-10;1-2/h4-8,11,13-16H,9-10H2,1-3H3;3-7,11-15,19H,8-9H2,1-2H3;1H3/t11-,13+,14-,15-,16-;11-,12+,13-,14-,15-;/m11./s1/i;;1D. The van der Waals surface area contributed by atoms with Gasteiger partial charge in [-0.15, -0.1) is 0 Å². The van der Waals surface area contributed by atoms with Gasteiger partial charge in [0.2, 0.25) is 0 Å². The van der Waals surface area contributed by atoms with E-state index in [1.54, 1.807) is 18.7 Å². The lowest BCUT2D eigenvalue weighted by atomic mass is 10.0. The van der Waals surface area contributed by atoms with Crippen LogP contribution in [0.15, 0.2) is 60.7 Å². The van der Waals surface area contributed by atoms with Gasteiger partial charge in [0, 0.05) is 12.5 Å². The molecule has 6 aliphatic rings. The van der Waals surface area contributed by atoms with Crippen LogP contribution in [0.5, 0.6) is 0 Å². The Kier molecular flexibility index (Phi) is 10.3. The summed E-state index contributed by atoms with van der Waals surface area (Å²) in [6.45, 7) is 10.6. The van der Waals surface area contributed by atoms with Crippen LogP contribution in [0.3, 0.4) is 0 Å². The highest BCUT2D eigenvalue weighted by atomic mass is 19.1. The maximum atomic E-state index is 12.6. The van der Waals surface area contributed by atoms with Gasteiger partial charge in [0.25, 0.3) is 0 Å². The molecule has 6 aliphatic heterocycles. The first-order valence-corrected chi connectivity index (χ1v) is 16.8. The predicted molar refractivity (Wildman–Crippen MR) is 174 cm³/mol. The number of carbonyl (C=O) groups excluding carboxylic acids is 2. The van der Waals surface area contributed by atoms with Crippen LogP contribution in [0, 0.1) is 5.92 Å². The largest absolute Gasteiger partial charge is 0.445 e. The summed E-state index contributed by atoms with van der Waals surface area (Å²) in [5, 5.41) is 10.2. The fourth-order valence-corrected chi connectivity index (χ4v) is 7.49. The van der Waals surface area contributed by atoms with Gasteiger partial charge in [0.15, 0.2) is 24.2 Å². The molecule has 0 spiro atoms. The lowest BCUT2D eigenvalue weighted by molar-refractivity contribution is -0.212. The number of alkyl halides is 1. The van der Waals surface area contributed by atoms with Crippen LogP contribution in [0.2, 0.25) is 0 Å². The van der Waals surface area contributed by atoms with Crippen molar-refractivity contribution >= 4 is 12.2 Å². The number of nitrogens with zero attached hydrogens (tertiary/aromatic N) is 2. The number of aliphatic hydroxyl groups excluding tert-OH is 1. The van der Waals surface area contributed by atoms with E-state index in [-0.39, 0.29) is 50.0 Å². The number of aliphatic hydroxyl groups is 1. The second-order valence-corrected chi connectivity index (χ2v) is 14.0. The molecule has 0 unspecified atom stereocenters. The molecule has 0 radical (unpaired) electrons. The molecule has 10 atom stereocenters. The molecule has 13 nitrogen and oxygen atoms in total. The van der Waals surface area contributed by atoms with Crippen LogP contribution in [0.4, 0.5) is 14.0 Å². The molecule has 0 saturated carbocycles. The lowest BCUT2D eigenvalue weighted by Crippen LogP contribution is -2.46. The van der Waals surface area contributed by atoms with Gasteiger partial charge in [-0.05, 0) is 38.8 Å². The molecule has 8 rings (SSSR count). The maximum Gasteiger partial charge on any atom is 0.410 e. The quantitative estimate of drug-likeness (QED) is 0.487. The van der Waals surface area contributed by atoms with E-state index >= 15 is 0 Å². The fourth-order valence-electron chi connectivity index (χ4n) is 7.49. The van der Waals surface area contributed by atoms with E-state index < -0.39 is 61.8 Å². The molecule has 50 heavy (non-hydrogen) atoms. The number of benzene rings is 2. The van der Waals surface area contributed by atoms with Crippen LogP contribution in [-0.4, -0.2) is 114 Å². The topological polar surface area (TPSA) is 135 Å². The summed E-state index contributed by atoms with van der Waals surface area (Å²) in [6, 6.07) is 18.6. The summed E-state index contributed by atoms with van der Waals surface area (Å²) in [4.78, 5) is 28.3. The van der Waals surface area contributed by atoms with Crippen molar-refractivity contribution in [1.82, 2.24) is 9.80 Å². The zero-order valence-electron chi connectivity index (χ0n) is 29.9. The Morgan fingerprint density at radius 1 is 0.760 bits per heavy atom. The van der Waals surface area contributed by atoms with Gasteiger partial charge in [-0.25, -0.2) is 9.59 Å². The zero-order chi connectivity index (χ0) is 36.5. The molecule has 2 aromatic rings. The first kappa shape index (κ1) is 35.1. The monoisotopic (exact) mass is 703 g/mol. The minimum absolute atomic E-state index is 0.0691. The summed E-state index contributed by atoms with van der Waals surface area (Å²) >= 11 is 0. The number of rotatable bonds is 4. The van der Waals surface area contributed by atoms with Crippen molar-refractivity contribution in [3.8, 4) is 0 Å². The second-order valence-electron chi connectivity index (χ2n) is 14.0. The summed E-state index contributed by atoms with van der Waals surface area (Å²) in [5.74, 6) is -1.24. The highest BCUT2D eigenvalue weighted by Crippen LogP contribution is 2.45. The Morgan fingerprint density at radius 3 is 1.66 bits per heavy atom. The van der Waals surface area contributed by atoms with Crippen LogP contribution in [0.1, 0.15) is 47.1 Å². The van der Waals surface area contributed by atoms with E-state index in [9.17, 15) is 19.1 Å². The van der Waals surface area contributed by atoms with Gasteiger partial charge in [-0.2, -0.15) is 0 Å². The number of hydrogen-bond acceptors (Lipinski definition) is 11. The Morgan fingerprint density at radius 2 is 1.18 bits per heavy atom. The molecule has 0 aromatic heterocycles. The highest BCUT2D eigenvalue weighted by molar-refractivity contribution is 5.69. The molecule has 2 amide bonds. The fraction of sp³-hybridized carbons (Fsp3) is 0.611. The second kappa shape index (κ2) is 14.7. The summed E-state index contributed by atoms with van der Waals surface area (Å²) in [6.07, 6.45) is -3.85. The minimum atomic E-state index is -1.00. The zero-order valence-corrected chi connectivity index (χ0v) is 28.9. The van der Waals surface area contributed by atoms with Gasteiger partial charge < -0.3 is 43.0 Å². The molecule has 0 aliphatic carbocycles. The number of carbonyl (C=O) groups is 2. The van der Waals surface area contributed by atoms with Gasteiger partial charge in [0.05, 0.1) is 33.3 Å². The van der Waals surface area contributed by atoms with Gasteiger partial charge in [-0.1, -0.05) is 67.6 Å². The molecular weight excluding hydrogens is 655 g/mol. The third kappa shape index (κ3) is 7.47. The van der Waals surface area contributed by atoms with Crippen molar-refractivity contribution in [3.63, 3.8) is 0 Å². The molecule has 6 fully saturated rings. The van der Waals surface area contributed by atoms with Gasteiger partial charge in [-0.3, -0.25) is 14.2 Å². The van der Waals surface area contributed by atoms with Crippen LogP contribution in [-0.2, 0) is 51.1 Å². The van der Waals surface area contributed by atoms with E-state index in [0.29, 0.717) is 6.54 Å². The van der Waals surface area contributed by atoms with Crippen molar-refractivity contribution in [1.29, 1.82) is 0 Å². The van der Waals surface area contributed by atoms with Crippen molar-refractivity contribution < 1.29 is 58.4 Å². The highest BCUT2D eigenvalue weighted by Gasteiger charge is 2.63. The third-order valence-electron chi connectivity index (χ3n) is 9.51. The normalized spacial score (nSPS) is 35.4. The summed E-state index contributed by atoms with van der Waals surface area (Å²) in [5.41, 5.74) is 1.88. The van der Waals surface area contributed by atoms with E-state index in [1.165, 1.54) is 4.90 Å². The smallest absolute Gasteiger partial charge is 0.410 e. The van der Waals surface area contributed by atoms with E-state index in [2.05, 4.69) is 6.92 Å².